The van der Waals surface area contributed by atoms with Crippen molar-refractivity contribution in [1.82, 2.24) is 0 Å². The summed E-state index contributed by atoms with van der Waals surface area (Å²) >= 11 is 0. The molecule has 0 N–H and O–H groups in total. The lowest BCUT2D eigenvalue weighted by Gasteiger charge is -2.16. The third-order valence-electron chi connectivity index (χ3n) is 5.76. The zero-order valence-electron chi connectivity index (χ0n) is 15.1. The molecule has 0 heterocycles. The molecule has 0 spiro atoms. The Morgan fingerprint density at radius 2 is 1.65 bits per heavy atom. The second kappa shape index (κ2) is 7.86. The van der Waals surface area contributed by atoms with Crippen molar-refractivity contribution in [2.75, 3.05) is 0 Å². The molecule has 4 rings (SSSR count). The number of hydrogen-bond acceptors (Lipinski definition) is 3. The molecule has 1 atom stereocenters. The molecule has 3 heteroatoms. The first-order valence-electron chi connectivity index (χ1n) is 9.67. The summed E-state index contributed by atoms with van der Waals surface area (Å²) in [5.74, 6) is 1.51. The number of hydrogen-bond donors (Lipinski definition) is 0. The minimum atomic E-state index is -0.179. The maximum Gasteiger partial charge on any atom is 0.119 e. The summed E-state index contributed by atoms with van der Waals surface area (Å²) in [5, 5.41) is 3.43. The van der Waals surface area contributed by atoms with Gasteiger partial charge in [0.25, 0.3) is 0 Å². The highest BCUT2D eigenvalue weighted by Crippen LogP contribution is 2.45. The number of allylic oxidation sites excluding steroid dienone is 1. The number of nitrogens with zero attached hydrogens (tertiary/aromatic N) is 1. The fourth-order valence-electron chi connectivity index (χ4n) is 4.44. The number of ether oxygens (including phenoxy) is 1. The van der Waals surface area contributed by atoms with E-state index < -0.39 is 0 Å². The largest absolute Gasteiger partial charge is 0.489 e. The van der Waals surface area contributed by atoms with E-state index in [2.05, 4.69) is 29.4 Å². The normalized spacial score (nSPS) is 20.5. The third-order valence-corrected chi connectivity index (χ3v) is 5.76. The van der Waals surface area contributed by atoms with Crippen molar-refractivity contribution < 1.29 is 4.74 Å². The Kier molecular flexibility index (Phi) is 5.14. The van der Waals surface area contributed by atoms with Crippen LogP contribution >= 0.6 is 0 Å². The highest BCUT2D eigenvalue weighted by atomic mass is 16.5. The molecule has 26 heavy (non-hydrogen) atoms. The number of nitroso groups, excluding NO2 is 1. The Bertz CT molecular complexity index is 774. The molecular formula is C23H25NO2. The van der Waals surface area contributed by atoms with Gasteiger partial charge in [0.2, 0.25) is 0 Å². The summed E-state index contributed by atoms with van der Waals surface area (Å²) in [6, 6.07) is 18.2. The Balaban J connectivity index is 1.52. The molecular weight excluding hydrogens is 322 g/mol. The van der Waals surface area contributed by atoms with E-state index in [1.165, 1.54) is 36.8 Å². The molecule has 0 aromatic heterocycles. The monoisotopic (exact) mass is 347 g/mol. The highest BCUT2D eigenvalue weighted by Gasteiger charge is 2.32. The van der Waals surface area contributed by atoms with E-state index in [1.807, 2.05) is 30.3 Å². The standard InChI is InChI=1S/C23H25NO2/c25-24-22-15-14-21(18-8-4-5-9-18)23(22)19-10-12-20(13-11-19)26-16-17-6-2-1-3-7-17/h1-3,6-7,10-13,18,22H,4-5,8-9,14-16H2. The van der Waals surface area contributed by atoms with Crippen LogP contribution < -0.4 is 4.74 Å². The highest BCUT2D eigenvalue weighted by molar-refractivity contribution is 5.75. The second-order valence-corrected chi connectivity index (χ2v) is 7.38. The molecule has 0 amide bonds. The van der Waals surface area contributed by atoms with Crippen molar-refractivity contribution in [2.45, 2.75) is 51.2 Å². The van der Waals surface area contributed by atoms with Crippen LogP contribution in [-0.4, -0.2) is 6.04 Å². The van der Waals surface area contributed by atoms with Gasteiger partial charge in [0.05, 0.1) is 0 Å². The Labute approximate surface area is 155 Å². The number of rotatable bonds is 6. The summed E-state index contributed by atoms with van der Waals surface area (Å²) in [7, 11) is 0. The van der Waals surface area contributed by atoms with Gasteiger partial charge in [0.1, 0.15) is 18.4 Å². The van der Waals surface area contributed by atoms with E-state index >= 15 is 0 Å². The smallest absolute Gasteiger partial charge is 0.119 e. The predicted octanol–water partition coefficient (Wildman–Crippen LogP) is 6.14. The maximum atomic E-state index is 11.4. The van der Waals surface area contributed by atoms with Gasteiger partial charge in [-0.05, 0) is 60.4 Å². The summed E-state index contributed by atoms with van der Waals surface area (Å²) < 4.78 is 5.89. The van der Waals surface area contributed by atoms with Gasteiger partial charge in [0.15, 0.2) is 0 Å². The first-order valence-corrected chi connectivity index (χ1v) is 9.67. The SMILES string of the molecule is O=NC1CCC(C2CCCC2)=C1c1ccc(OCc2ccccc2)cc1. The van der Waals surface area contributed by atoms with Crippen molar-refractivity contribution in [3.8, 4) is 5.75 Å². The Morgan fingerprint density at radius 1 is 0.923 bits per heavy atom. The molecule has 2 aromatic carbocycles. The van der Waals surface area contributed by atoms with E-state index in [0.29, 0.717) is 12.5 Å². The van der Waals surface area contributed by atoms with Crippen molar-refractivity contribution >= 4 is 5.57 Å². The molecule has 3 nitrogen and oxygen atoms in total. The van der Waals surface area contributed by atoms with Crippen LogP contribution in [0.5, 0.6) is 5.75 Å². The minimum absolute atomic E-state index is 0.179. The third kappa shape index (κ3) is 3.57. The van der Waals surface area contributed by atoms with Gasteiger partial charge < -0.3 is 4.74 Å². The first-order chi connectivity index (χ1) is 12.8. The summed E-state index contributed by atoms with van der Waals surface area (Å²) in [4.78, 5) is 11.4. The topological polar surface area (TPSA) is 38.7 Å². The zero-order valence-corrected chi connectivity index (χ0v) is 15.1. The van der Waals surface area contributed by atoms with Crippen LogP contribution in [-0.2, 0) is 6.61 Å². The van der Waals surface area contributed by atoms with Crippen LogP contribution in [0.15, 0.2) is 65.3 Å². The average molecular weight is 347 g/mol. The van der Waals surface area contributed by atoms with E-state index in [0.717, 1.165) is 29.7 Å². The average Bonchev–Trinajstić information content (AvgIpc) is 3.37. The minimum Gasteiger partial charge on any atom is -0.489 e. The molecule has 0 saturated heterocycles. The van der Waals surface area contributed by atoms with E-state index in [-0.39, 0.29) is 6.04 Å². The second-order valence-electron chi connectivity index (χ2n) is 7.38. The molecule has 2 aliphatic rings. The van der Waals surface area contributed by atoms with Crippen LogP contribution in [0.2, 0.25) is 0 Å². The van der Waals surface area contributed by atoms with Gasteiger partial charge in [-0.1, -0.05) is 66.1 Å². The summed E-state index contributed by atoms with van der Waals surface area (Å²) in [6.45, 7) is 0.564. The van der Waals surface area contributed by atoms with Gasteiger partial charge in [-0.3, -0.25) is 0 Å². The van der Waals surface area contributed by atoms with E-state index in [1.54, 1.807) is 0 Å². The van der Waals surface area contributed by atoms with Crippen LogP contribution in [0, 0.1) is 10.8 Å². The molecule has 0 radical (unpaired) electrons. The fourth-order valence-corrected chi connectivity index (χ4v) is 4.44. The van der Waals surface area contributed by atoms with Gasteiger partial charge >= 0.3 is 0 Å². The molecule has 1 fully saturated rings. The van der Waals surface area contributed by atoms with Crippen molar-refractivity contribution in [1.29, 1.82) is 0 Å². The fraction of sp³-hybridized carbons (Fsp3) is 0.391. The first kappa shape index (κ1) is 17.0. The molecule has 1 unspecified atom stereocenters. The van der Waals surface area contributed by atoms with Crippen LogP contribution in [0.25, 0.3) is 5.57 Å². The van der Waals surface area contributed by atoms with Crippen molar-refractivity contribution in [2.24, 2.45) is 11.1 Å². The number of benzene rings is 2. The van der Waals surface area contributed by atoms with Gasteiger partial charge in [-0.25, -0.2) is 0 Å². The molecule has 2 aromatic rings. The maximum absolute atomic E-state index is 11.4. The zero-order chi connectivity index (χ0) is 17.8. The van der Waals surface area contributed by atoms with E-state index in [4.69, 9.17) is 4.74 Å². The van der Waals surface area contributed by atoms with Gasteiger partial charge in [-0.15, -0.1) is 0 Å². The molecule has 0 bridgehead atoms. The van der Waals surface area contributed by atoms with Crippen molar-refractivity contribution in [3.05, 3.63) is 76.2 Å². The van der Waals surface area contributed by atoms with Gasteiger partial charge in [-0.2, -0.15) is 4.91 Å². The molecule has 2 aliphatic carbocycles. The van der Waals surface area contributed by atoms with Crippen LogP contribution in [0.1, 0.15) is 49.7 Å². The lowest BCUT2D eigenvalue weighted by molar-refractivity contribution is 0.306. The molecule has 1 saturated carbocycles. The molecule has 134 valence electrons. The van der Waals surface area contributed by atoms with E-state index in [9.17, 15) is 4.91 Å². The Morgan fingerprint density at radius 3 is 2.35 bits per heavy atom. The summed E-state index contributed by atoms with van der Waals surface area (Å²) in [5.41, 5.74) is 4.98. The lowest BCUT2D eigenvalue weighted by atomic mass is 9.90. The van der Waals surface area contributed by atoms with Crippen molar-refractivity contribution in [3.63, 3.8) is 0 Å². The quantitative estimate of drug-likeness (QED) is 0.589. The molecule has 0 aliphatic heterocycles. The lowest BCUT2D eigenvalue weighted by Crippen LogP contribution is -2.04. The van der Waals surface area contributed by atoms with Gasteiger partial charge in [0, 0.05) is 0 Å². The Hall–Kier alpha value is -2.42. The van der Waals surface area contributed by atoms with Crippen LogP contribution in [0.4, 0.5) is 0 Å². The summed E-state index contributed by atoms with van der Waals surface area (Å²) in [6.07, 6.45) is 7.06. The van der Waals surface area contributed by atoms with Crippen LogP contribution in [0.3, 0.4) is 0 Å². The predicted molar refractivity (Wildman–Crippen MR) is 105 cm³/mol.